The molecule has 0 bridgehead atoms. The van der Waals surface area contributed by atoms with Gasteiger partial charge in [-0.05, 0) is 30.2 Å². The molecule has 0 aliphatic heterocycles. The van der Waals surface area contributed by atoms with Gasteiger partial charge in [0.15, 0.2) is 0 Å². The lowest BCUT2D eigenvalue weighted by Crippen LogP contribution is -2.48. The molecule has 1 aromatic rings. The second-order valence-corrected chi connectivity index (χ2v) is 6.94. The lowest BCUT2D eigenvalue weighted by Gasteiger charge is -2.18. The van der Waals surface area contributed by atoms with Crippen LogP contribution in [0.2, 0.25) is 0 Å². The Labute approximate surface area is 139 Å². The van der Waals surface area contributed by atoms with Gasteiger partial charge >= 0.3 is 5.97 Å². The molecule has 5 N–H and O–H groups in total. The number of primary sulfonamides is 1. The summed E-state index contributed by atoms with van der Waals surface area (Å²) in [6.07, 6.45) is 0. The van der Waals surface area contributed by atoms with Gasteiger partial charge in [0.1, 0.15) is 6.04 Å². The largest absolute Gasteiger partial charge is 0.480 e. The molecule has 0 heterocycles. The average Bonchev–Trinajstić information content (AvgIpc) is 2.48. The minimum absolute atomic E-state index is 0.133. The van der Waals surface area contributed by atoms with E-state index in [9.17, 15) is 22.8 Å². The molecule has 2 amide bonds. The Morgan fingerprint density at radius 3 is 2.12 bits per heavy atom. The topological polar surface area (TPSA) is 156 Å². The van der Waals surface area contributed by atoms with Crippen molar-refractivity contribution in [1.82, 2.24) is 10.6 Å². The number of hydrogen-bond donors (Lipinski definition) is 4. The molecule has 0 spiro atoms. The third-order valence-corrected chi connectivity index (χ3v) is 4.03. The quantitative estimate of drug-likeness (QED) is 0.505. The molecule has 0 radical (unpaired) electrons. The van der Waals surface area contributed by atoms with E-state index in [0.29, 0.717) is 0 Å². The summed E-state index contributed by atoms with van der Waals surface area (Å²) < 4.78 is 22.2. The van der Waals surface area contributed by atoms with Crippen molar-refractivity contribution in [3.8, 4) is 0 Å². The number of aliphatic carboxylic acids is 1. The molecule has 1 unspecified atom stereocenters. The van der Waals surface area contributed by atoms with Crippen molar-refractivity contribution in [2.75, 3.05) is 6.54 Å². The van der Waals surface area contributed by atoms with Crippen molar-refractivity contribution in [1.29, 1.82) is 0 Å². The van der Waals surface area contributed by atoms with Crippen LogP contribution in [0.25, 0.3) is 0 Å². The first-order valence-electron chi connectivity index (χ1n) is 6.95. The van der Waals surface area contributed by atoms with E-state index in [1.807, 2.05) is 0 Å². The summed E-state index contributed by atoms with van der Waals surface area (Å²) in [5, 5.41) is 18.5. The van der Waals surface area contributed by atoms with E-state index in [0.717, 1.165) is 0 Å². The molecule has 1 rings (SSSR count). The first-order chi connectivity index (χ1) is 11.0. The molecule has 132 valence electrons. The SMILES string of the molecule is CC(C)C(NC(=O)CNC(=O)c1ccc(S(N)(=O)=O)cc1)C(=O)O. The number of rotatable bonds is 7. The Bertz CT molecular complexity index is 727. The number of hydrogen-bond acceptors (Lipinski definition) is 5. The number of carbonyl (C=O) groups excluding carboxylic acids is 2. The van der Waals surface area contributed by atoms with Crippen LogP contribution in [0.1, 0.15) is 24.2 Å². The van der Waals surface area contributed by atoms with Gasteiger partial charge < -0.3 is 15.7 Å². The Morgan fingerprint density at radius 1 is 1.17 bits per heavy atom. The fourth-order valence-electron chi connectivity index (χ4n) is 1.80. The summed E-state index contributed by atoms with van der Waals surface area (Å²) in [5.41, 5.74) is 0.133. The smallest absolute Gasteiger partial charge is 0.326 e. The van der Waals surface area contributed by atoms with Crippen LogP contribution in [0.3, 0.4) is 0 Å². The fourth-order valence-corrected chi connectivity index (χ4v) is 2.31. The van der Waals surface area contributed by atoms with Crippen LogP contribution in [-0.4, -0.2) is 43.9 Å². The first kappa shape index (κ1) is 19.6. The van der Waals surface area contributed by atoms with Crippen LogP contribution in [-0.2, 0) is 19.6 Å². The summed E-state index contributed by atoms with van der Waals surface area (Å²) >= 11 is 0. The van der Waals surface area contributed by atoms with E-state index in [2.05, 4.69) is 10.6 Å². The standard InChI is InChI=1S/C14H19N3O6S/c1-8(2)12(14(20)21)17-11(18)7-16-13(19)9-3-5-10(6-4-9)24(15,22)23/h3-6,8,12H,7H2,1-2H3,(H,16,19)(H,17,18)(H,20,21)(H2,15,22,23). The molecule has 1 aromatic carbocycles. The predicted molar refractivity (Wildman–Crippen MR) is 84.6 cm³/mol. The Balaban J connectivity index is 2.63. The minimum atomic E-state index is -3.85. The molecule has 9 nitrogen and oxygen atoms in total. The lowest BCUT2D eigenvalue weighted by molar-refractivity contribution is -0.142. The van der Waals surface area contributed by atoms with Gasteiger partial charge in [-0.3, -0.25) is 9.59 Å². The van der Waals surface area contributed by atoms with Gasteiger partial charge in [0.25, 0.3) is 5.91 Å². The van der Waals surface area contributed by atoms with Crippen LogP contribution in [0.15, 0.2) is 29.2 Å². The zero-order valence-corrected chi connectivity index (χ0v) is 14.0. The summed E-state index contributed by atoms with van der Waals surface area (Å²) in [6, 6.07) is 3.79. The highest BCUT2D eigenvalue weighted by atomic mass is 32.2. The van der Waals surface area contributed by atoms with Gasteiger partial charge in [-0.1, -0.05) is 13.8 Å². The van der Waals surface area contributed by atoms with E-state index in [1.54, 1.807) is 13.8 Å². The van der Waals surface area contributed by atoms with Crippen LogP contribution in [0, 0.1) is 5.92 Å². The Kier molecular flexibility index (Phi) is 6.43. The first-order valence-corrected chi connectivity index (χ1v) is 8.50. The maximum atomic E-state index is 11.9. The second kappa shape index (κ2) is 7.88. The molecule has 0 aliphatic carbocycles. The molecule has 0 aliphatic rings. The van der Waals surface area contributed by atoms with Gasteiger partial charge in [0.2, 0.25) is 15.9 Å². The number of amides is 2. The van der Waals surface area contributed by atoms with Crippen molar-refractivity contribution in [2.45, 2.75) is 24.8 Å². The third-order valence-electron chi connectivity index (χ3n) is 3.10. The highest BCUT2D eigenvalue weighted by molar-refractivity contribution is 7.89. The van der Waals surface area contributed by atoms with E-state index < -0.39 is 40.4 Å². The number of nitrogens with one attached hydrogen (secondary N) is 2. The van der Waals surface area contributed by atoms with E-state index in [1.165, 1.54) is 24.3 Å². The number of carbonyl (C=O) groups is 3. The molecule has 10 heteroatoms. The highest BCUT2D eigenvalue weighted by Gasteiger charge is 2.23. The zero-order chi connectivity index (χ0) is 18.5. The number of nitrogens with two attached hydrogens (primary N) is 1. The summed E-state index contributed by atoms with van der Waals surface area (Å²) in [5.74, 6) is -2.73. The maximum Gasteiger partial charge on any atom is 0.326 e. The molecule has 24 heavy (non-hydrogen) atoms. The van der Waals surface area contributed by atoms with Crippen LogP contribution in [0.5, 0.6) is 0 Å². The van der Waals surface area contributed by atoms with Crippen molar-refractivity contribution >= 4 is 27.8 Å². The van der Waals surface area contributed by atoms with Gasteiger partial charge in [-0.2, -0.15) is 0 Å². The summed E-state index contributed by atoms with van der Waals surface area (Å²) in [7, 11) is -3.85. The Hall–Kier alpha value is -2.46. The predicted octanol–water partition coefficient (Wildman–Crippen LogP) is -0.711. The fraction of sp³-hybridized carbons (Fsp3) is 0.357. The summed E-state index contributed by atoms with van der Waals surface area (Å²) in [6.45, 7) is 2.88. The number of benzene rings is 1. The van der Waals surface area contributed by atoms with Gasteiger partial charge in [0.05, 0.1) is 11.4 Å². The number of carboxylic acids is 1. The zero-order valence-electron chi connectivity index (χ0n) is 13.1. The maximum absolute atomic E-state index is 11.9. The van der Waals surface area contributed by atoms with E-state index >= 15 is 0 Å². The normalized spacial score (nSPS) is 12.5. The third kappa shape index (κ3) is 5.63. The van der Waals surface area contributed by atoms with Gasteiger partial charge in [-0.15, -0.1) is 0 Å². The highest BCUT2D eigenvalue weighted by Crippen LogP contribution is 2.08. The molecule has 0 aromatic heterocycles. The lowest BCUT2D eigenvalue weighted by atomic mass is 10.1. The van der Waals surface area contributed by atoms with Gasteiger partial charge in [-0.25, -0.2) is 18.4 Å². The number of sulfonamides is 1. The molecule has 0 saturated heterocycles. The van der Waals surface area contributed by atoms with Crippen LogP contribution < -0.4 is 15.8 Å². The molecule has 0 saturated carbocycles. The molecular weight excluding hydrogens is 338 g/mol. The number of carboxylic acid groups (broad SMARTS) is 1. The summed E-state index contributed by atoms with van der Waals surface area (Å²) in [4.78, 5) is 34.4. The minimum Gasteiger partial charge on any atom is -0.480 e. The second-order valence-electron chi connectivity index (χ2n) is 5.38. The van der Waals surface area contributed by atoms with Crippen LogP contribution >= 0.6 is 0 Å². The molecule has 1 atom stereocenters. The average molecular weight is 357 g/mol. The molecule has 0 fully saturated rings. The molecular formula is C14H19N3O6S. The monoisotopic (exact) mass is 357 g/mol. The van der Waals surface area contributed by atoms with Crippen molar-refractivity contribution in [3.05, 3.63) is 29.8 Å². The van der Waals surface area contributed by atoms with E-state index in [-0.39, 0.29) is 16.4 Å². The van der Waals surface area contributed by atoms with Crippen molar-refractivity contribution < 1.29 is 27.9 Å². The van der Waals surface area contributed by atoms with E-state index in [4.69, 9.17) is 10.2 Å². The van der Waals surface area contributed by atoms with Crippen molar-refractivity contribution in [2.24, 2.45) is 11.1 Å². The van der Waals surface area contributed by atoms with Crippen molar-refractivity contribution in [3.63, 3.8) is 0 Å². The van der Waals surface area contributed by atoms with Crippen LogP contribution in [0.4, 0.5) is 0 Å². The Morgan fingerprint density at radius 2 is 1.71 bits per heavy atom. The van der Waals surface area contributed by atoms with Gasteiger partial charge in [0, 0.05) is 5.56 Å².